The monoisotopic (exact) mass is 274 g/mol. The Morgan fingerprint density at radius 1 is 1.35 bits per heavy atom. The van der Waals surface area contributed by atoms with Gasteiger partial charge in [-0.1, -0.05) is 43.7 Å². The number of allylic oxidation sites excluding steroid dienone is 2. The Morgan fingerprint density at radius 3 is 2.55 bits per heavy atom. The second-order valence-electron chi connectivity index (χ2n) is 6.06. The Bertz CT molecular complexity index is 472. The van der Waals surface area contributed by atoms with Gasteiger partial charge in [0.05, 0.1) is 7.11 Å². The lowest BCUT2D eigenvalue weighted by Gasteiger charge is -2.32. The van der Waals surface area contributed by atoms with Gasteiger partial charge in [-0.25, -0.2) is 0 Å². The number of rotatable bonds is 7. The highest BCUT2D eigenvalue weighted by Crippen LogP contribution is 2.39. The first kappa shape index (κ1) is 16.5. The fourth-order valence-electron chi connectivity index (χ4n) is 2.63. The van der Waals surface area contributed by atoms with Crippen molar-refractivity contribution in [3.8, 4) is 5.75 Å². The Balaban J connectivity index is 3.20. The molecule has 1 aromatic carbocycles. The minimum Gasteiger partial charge on any atom is -0.496 e. The molecule has 0 spiro atoms. The first-order valence-electron chi connectivity index (χ1n) is 7.15. The van der Waals surface area contributed by atoms with Gasteiger partial charge in [0.1, 0.15) is 12.0 Å². The number of hydrogen-bond donors (Lipinski definition) is 0. The molecule has 0 aliphatic rings. The van der Waals surface area contributed by atoms with E-state index in [0.717, 1.165) is 24.9 Å². The second kappa shape index (κ2) is 7.28. The highest BCUT2D eigenvalue weighted by Gasteiger charge is 2.30. The van der Waals surface area contributed by atoms with E-state index in [-0.39, 0.29) is 11.3 Å². The molecular weight excluding hydrogens is 248 g/mol. The Morgan fingerprint density at radius 2 is 2.00 bits per heavy atom. The van der Waals surface area contributed by atoms with Crippen LogP contribution in [-0.2, 0) is 10.2 Å². The minimum absolute atomic E-state index is 0.0375. The lowest BCUT2D eigenvalue weighted by atomic mass is 9.73. The lowest BCUT2D eigenvalue weighted by Crippen LogP contribution is -2.25. The average molecular weight is 274 g/mol. The molecule has 0 fully saturated rings. The van der Waals surface area contributed by atoms with E-state index in [1.165, 1.54) is 11.1 Å². The van der Waals surface area contributed by atoms with Gasteiger partial charge in [0.25, 0.3) is 0 Å². The van der Waals surface area contributed by atoms with E-state index >= 15 is 0 Å². The maximum absolute atomic E-state index is 11.1. The molecule has 0 aromatic heterocycles. The fourth-order valence-corrected chi connectivity index (χ4v) is 2.63. The standard InChI is InChI=1S/C18H26O2/c1-14(2)10-11-18(4,12-15(3)13-19)16-8-6-7-9-17(16)20-5/h6-10,13,15H,11-12H2,1-5H3. The van der Waals surface area contributed by atoms with Crippen molar-refractivity contribution in [3.63, 3.8) is 0 Å². The van der Waals surface area contributed by atoms with E-state index < -0.39 is 0 Å². The molecule has 0 heterocycles. The van der Waals surface area contributed by atoms with Crippen LogP contribution in [0.25, 0.3) is 0 Å². The first-order chi connectivity index (χ1) is 9.42. The van der Waals surface area contributed by atoms with Crippen LogP contribution in [0.4, 0.5) is 0 Å². The molecule has 0 amide bonds. The number of para-hydroxylation sites is 1. The van der Waals surface area contributed by atoms with Gasteiger partial charge in [0, 0.05) is 16.9 Å². The van der Waals surface area contributed by atoms with Crippen molar-refractivity contribution < 1.29 is 9.53 Å². The summed E-state index contributed by atoms with van der Waals surface area (Å²) in [6.45, 7) is 8.39. The van der Waals surface area contributed by atoms with Crippen LogP contribution < -0.4 is 4.74 Å². The molecule has 2 heteroatoms. The van der Waals surface area contributed by atoms with Crippen LogP contribution in [0.5, 0.6) is 5.75 Å². The van der Waals surface area contributed by atoms with Crippen molar-refractivity contribution in [3.05, 3.63) is 41.5 Å². The molecule has 0 aliphatic heterocycles. The van der Waals surface area contributed by atoms with Crippen LogP contribution in [-0.4, -0.2) is 13.4 Å². The van der Waals surface area contributed by atoms with Gasteiger partial charge < -0.3 is 9.53 Å². The highest BCUT2D eigenvalue weighted by atomic mass is 16.5. The van der Waals surface area contributed by atoms with Gasteiger partial charge in [-0.05, 0) is 32.8 Å². The van der Waals surface area contributed by atoms with Crippen LogP contribution in [0.1, 0.15) is 46.1 Å². The van der Waals surface area contributed by atoms with Gasteiger partial charge in [-0.3, -0.25) is 0 Å². The maximum Gasteiger partial charge on any atom is 0.122 e. The molecule has 0 saturated heterocycles. The van der Waals surface area contributed by atoms with Crippen LogP contribution in [0.3, 0.4) is 0 Å². The highest BCUT2D eigenvalue weighted by molar-refractivity contribution is 5.53. The summed E-state index contributed by atoms with van der Waals surface area (Å²) in [5.41, 5.74) is 2.38. The Kier molecular flexibility index (Phi) is 6.00. The van der Waals surface area contributed by atoms with Crippen LogP contribution >= 0.6 is 0 Å². The molecule has 2 atom stereocenters. The number of hydrogen-bond acceptors (Lipinski definition) is 2. The van der Waals surface area contributed by atoms with Crippen LogP contribution in [0, 0.1) is 5.92 Å². The number of benzene rings is 1. The number of carbonyl (C=O) groups is 1. The normalized spacial score (nSPS) is 15.1. The van der Waals surface area contributed by atoms with Gasteiger partial charge in [0.15, 0.2) is 0 Å². The van der Waals surface area contributed by atoms with E-state index in [1.54, 1.807) is 7.11 Å². The molecule has 2 nitrogen and oxygen atoms in total. The van der Waals surface area contributed by atoms with Crippen molar-refractivity contribution in [2.75, 3.05) is 7.11 Å². The Hall–Kier alpha value is -1.57. The number of aldehydes is 1. The molecule has 0 bridgehead atoms. The molecular formula is C18H26O2. The minimum atomic E-state index is -0.0931. The zero-order valence-electron chi connectivity index (χ0n) is 13.3. The quantitative estimate of drug-likeness (QED) is 0.539. The van der Waals surface area contributed by atoms with Crippen molar-refractivity contribution in [2.45, 2.75) is 46.0 Å². The van der Waals surface area contributed by atoms with Crippen molar-refractivity contribution in [1.29, 1.82) is 0 Å². The maximum atomic E-state index is 11.1. The smallest absolute Gasteiger partial charge is 0.122 e. The zero-order valence-corrected chi connectivity index (χ0v) is 13.3. The Labute approximate surface area is 122 Å². The third kappa shape index (κ3) is 4.22. The summed E-state index contributed by atoms with van der Waals surface area (Å²) in [4.78, 5) is 11.1. The predicted octanol–water partition coefficient (Wildman–Crippen LogP) is 4.53. The third-order valence-electron chi connectivity index (χ3n) is 3.72. The van der Waals surface area contributed by atoms with Gasteiger partial charge in [-0.15, -0.1) is 0 Å². The summed E-state index contributed by atoms with van der Waals surface area (Å²) >= 11 is 0. The van der Waals surface area contributed by atoms with Gasteiger partial charge in [-0.2, -0.15) is 0 Å². The van der Waals surface area contributed by atoms with Crippen molar-refractivity contribution >= 4 is 6.29 Å². The largest absolute Gasteiger partial charge is 0.496 e. The van der Waals surface area contributed by atoms with E-state index in [4.69, 9.17) is 4.74 Å². The number of methoxy groups -OCH3 is 1. The second-order valence-corrected chi connectivity index (χ2v) is 6.06. The predicted molar refractivity (Wildman–Crippen MR) is 84.2 cm³/mol. The molecule has 0 saturated carbocycles. The van der Waals surface area contributed by atoms with E-state index in [1.807, 2.05) is 25.1 Å². The summed E-state index contributed by atoms with van der Waals surface area (Å²) in [7, 11) is 1.70. The van der Waals surface area contributed by atoms with E-state index in [0.29, 0.717) is 0 Å². The molecule has 1 aromatic rings. The molecule has 0 aliphatic carbocycles. The zero-order chi connectivity index (χ0) is 15.2. The number of carbonyl (C=O) groups excluding carboxylic acids is 1. The third-order valence-corrected chi connectivity index (χ3v) is 3.72. The molecule has 0 radical (unpaired) electrons. The van der Waals surface area contributed by atoms with E-state index in [2.05, 4.69) is 32.9 Å². The van der Waals surface area contributed by atoms with Gasteiger partial charge in [0.2, 0.25) is 0 Å². The topological polar surface area (TPSA) is 26.3 Å². The molecule has 1 rings (SSSR count). The summed E-state index contributed by atoms with van der Waals surface area (Å²) in [5.74, 6) is 0.936. The van der Waals surface area contributed by atoms with Crippen molar-refractivity contribution in [2.24, 2.45) is 5.92 Å². The van der Waals surface area contributed by atoms with Crippen LogP contribution in [0.2, 0.25) is 0 Å². The lowest BCUT2D eigenvalue weighted by molar-refractivity contribution is -0.111. The van der Waals surface area contributed by atoms with Crippen molar-refractivity contribution in [1.82, 2.24) is 0 Å². The summed E-state index contributed by atoms with van der Waals surface area (Å²) < 4.78 is 5.50. The van der Waals surface area contributed by atoms with Gasteiger partial charge >= 0.3 is 0 Å². The summed E-state index contributed by atoms with van der Waals surface area (Å²) in [5, 5.41) is 0. The molecule has 110 valence electrons. The fraction of sp³-hybridized carbons (Fsp3) is 0.500. The number of ether oxygens (including phenoxy) is 1. The van der Waals surface area contributed by atoms with E-state index in [9.17, 15) is 4.79 Å². The summed E-state index contributed by atoms with van der Waals surface area (Å²) in [6.07, 6.45) is 5.01. The summed E-state index contributed by atoms with van der Waals surface area (Å²) in [6, 6.07) is 8.11. The molecule has 20 heavy (non-hydrogen) atoms. The van der Waals surface area contributed by atoms with Crippen LogP contribution in [0.15, 0.2) is 35.9 Å². The SMILES string of the molecule is COc1ccccc1C(C)(CC=C(C)C)CC(C)C=O. The molecule has 0 N–H and O–H groups in total. The first-order valence-corrected chi connectivity index (χ1v) is 7.15. The molecule has 2 unspecified atom stereocenters. The average Bonchev–Trinajstić information content (AvgIpc) is 2.45.